The summed E-state index contributed by atoms with van der Waals surface area (Å²) in [6.45, 7) is 4.79. The Kier molecular flexibility index (Phi) is 52.7. The van der Waals surface area contributed by atoms with Gasteiger partial charge in [0.05, 0.1) is 0 Å². The second-order valence-corrected chi connectivity index (χ2v) is 46.8. The summed E-state index contributed by atoms with van der Waals surface area (Å²) in [5.74, 6) is -17.4. The highest BCUT2D eigenvalue weighted by atomic mass is 32.2. The molecule has 5 unspecified atom stereocenters. The molecule has 0 radical (unpaired) electrons. The van der Waals surface area contributed by atoms with Crippen molar-refractivity contribution in [1.29, 1.82) is 0 Å². The van der Waals surface area contributed by atoms with Gasteiger partial charge in [-0.1, -0.05) is 66.2 Å². The van der Waals surface area contributed by atoms with Crippen molar-refractivity contribution in [3.63, 3.8) is 0 Å². The van der Waals surface area contributed by atoms with Gasteiger partial charge in [0.2, 0.25) is 0 Å². The smallest absolute Gasteiger partial charge is 0.451 e. The van der Waals surface area contributed by atoms with E-state index in [0.29, 0.717) is 32.1 Å². The van der Waals surface area contributed by atoms with Crippen LogP contribution in [-0.2, 0) is 99.0 Å². The molecule has 5 saturated heterocycles. The molecule has 142 heavy (non-hydrogen) atoms. The largest absolute Gasteiger partial charge is 0.480 e. The van der Waals surface area contributed by atoms with Crippen LogP contribution in [0.2, 0.25) is 31.6 Å². The standard InChI is InChI=1S/2C15H31BN4O8S.C14H27BN4O8S.2C14H29BN4O8S/c1-10(2)6-19(8-12(17)13(21)22)29(27,28)20-7-11(4-3-5-16(25)26)15(18,9-20)14(23)24;1-2-3-7-19(9-12(17)13(21)22)29(27,28)20-8-11(5-4-6-16(25)26)15(18,10-20)14(23)24;16-11(12(20)21)7-19(10-3-4-10)28(26,27)18-6-9(2-1-5-15(24)25)14(17,8-18)13(22)23;1-9(2)19(7-11(16)12(20)21)28(26,27)18-6-10(4-3-5-15(24)25)14(17,8-18)13(22)23;1-2-6-18(8-11(16)12(20)21)28(26,27)19-7-10(4-3-5-15(24)25)14(17,9-19)13(22)23/h10-12,25-26H,3-9,17-18H2,1-2H3,(H,21,22)(H,23,24);11-12,25-26H,2-10,17-18H2,1H3,(H,21,22)(H,23,24);9-11,24-25H,1-8,16-17H2,(H,20,21)(H,22,23);9-11,24-25H,3-8,16-17H2,1-2H3,(H,20,21)(H,22,23);10-11,24-25H,2-9,16-17H2,1H3,(H,20,21)(H,22,23)/t2*11-,12?,15-;9-,11?,14-;2*10-,11?,14-/m00000/s1. The van der Waals surface area contributed by atoms with Crippen molar-refractivity contribution in [3.8, 4) is 0 Å². The number of hydrogen-bond acceptors (Lipinski definition) is 40. The predicted octanol–water partition coefficient (Wildman–Crippen LogP) is -13.0. The monoisotopic (exact) mass is 2150 g/mol. The number of hydrogen-bond donors (Lipinski definition) is 30. The van der Waals surface area contributed by atoms with Crippen LogP contribution in [0, 0.1) is 35.5 Å². The molecule has 40 N–H and O–H groups in total. The third-order valence-corrected chi connectivity index (χ3v) is 34.9. The Labute approximate surface area is 826 Å². The van der Waals surface area contributed by atoms with Crippen LogP contribution in [0.15, 0.2) is 0 Å². The molecule has 5 aliphatic heterocycles. The highest BCUT2D eigenvalue weighted by Crippen LogP contribution is 2.41. The van der Waals surface area contributed by atoms with Crippen LogP contribution in [0.5, 0.6) is 0 Å². The molecule has 1 aliphatic carbocycles. The summed E-state index contributed by atoms with van der Waals surface area (Å²) in [4.78, 5) is 114. The lowest BCUT2D eigenvalue weighted by Gasteiger charge is -2.31. The Morgan fingerprint density at radius 1 is 0.317 bits per heavy atom. The zero-order valence-corrected chi connectivity index (χ0v) is 84.2. The van der Waals surface area contributed by atoms with Crippen LogP contribution in [0.4, 0.5) is 0 Å². The zero-order valence-electron chi connectivity index (χ0n) is 80.2. The first-order valence-corrected chi connectivity index (χ1v) is 52.7. The lowest BCUT2D eigenvalue weighted by molar-refractivity contribution is -0.145. The first kappa shape index (κ1) is 132. The summed E-state index contributed by atoms with van der Waals surface area (Å²) in [5.41, 5.74) is 48.4. The fourth-order valence-corrected chi connectivity index (χ4v) is 25.9. The molecule has 5 heterocycles. The van der Waals surface area contributed by atoms with Gasteiger partial charge < -0.3 is 159 Å². The van der Waals surface area contributed by atoms with Crippen molar-refractivity contribution in [3.05, 3.63) is 0 Å². The molecule has 0 aromatic carbocycles. The number of aliphatic carboxylic acids is 10. The maximum absolute atomic E-state index is 13.1. The second-order valence-electron chi connectivity index (χ2n) is 37.2. The van der Waals surface area contributed by atoms with Crippen LogP contribution in [0.25, 0.3) is 0 Å². The maximum Gasteiger partial charge on any atom is 0.451 e. The molecule has 15 atom stereocenters. The first-order chi connectivity index (χ1) is 65.0. The number of carbonyl (C=O) groups is 10. The number of carboxylic acid groups (broad SMARTS) is 10. The predicted molar refractivity (Wildman–Crippen MR) is 508 cm³/mol. The Bertz CT molecular complexity index is 4640. The van der Waals surface area contributed by atoms with Gasteiger partial charge >= 0.3 is 95.3 Å². The quantitative estimate of drug-likeness (QED) is 0.0251. The van der Waals surface area contributed by atoms with Gasteiger partial charge in [-0.2, -0.15) is 85.1 Å². The van der Waals surface area contributed by atoms with E-state index in [0.717, 1.165) is 43.1 Å². The lowest BCUT2D eigenvalue weighted by atomic mass is 9.78. The van der Waals surface area contributed by atoms with Crippen molar-refractivity contribution in [2.24, 2.45) is 92.8 Å². The van der Waals surface area contributed by atoms with E-state index in [1.807, 2.05) is 6.92 Å². The second kappa shape index (κ2) is 56.8. The van der Waals surface area contributed by atoms with Gasteiger partial charge in [-0.15, -0.1) is 0 Å². The highest BCUT2D eigenvalue weighted by Gasteiger charge is 2.60. The molecule has 6 fully saturated rings. The van der Waals surface area contributed by atoms with Crippen LogP contribution in [0.1, 0.15) is 138 Å². The molecule has 0 amide bonds. The van der Waals surface area contributed by atoms with Crippen molar-refractivity contribution < 1.29 is 191 Å². The minimum atomic E-state index is -4.23. The number of unbranched alkanes of at least 4 members (excludes halogenated alkanes) is 1. The van der Waals surface area contributed by atoms with Gasteiger partial charge in [-0.25, -0.2) is 0 Å². The Hall–Kier alpha value is -6.43. The van der Waals surface area contributed by atoms with Gasteiger partial charge in [0.25, 0.3) is 51.0 Å². The third-order valence-electron chi connectivity index (χ3n) is 25.1. The molecular formula is C72H147B5N20O40S5. The molecular weight excluding hydrogens is 2000 g/mol. The Morgan fingerprint density at radius 3 is 0.761 bits per heavy atom. The number of nitrogens with zero attached hydrogens (tertiary/aromatic N) is 10. The minimum absolute atomic E-state index is 0.00450. The van der Waals surface area contributed by atoms with Crippen LogP contribution >= 0.6 is 0 Å². The van der Waals surface area contributed by atoms with E-state index in [4.69, 9.17) is 133 Å². The zero-order chi connectivity index (χ0) is 110. The van der Waals surface area contributed by atoms with E-state index in [2.05, 4.69) is 0 Å². The normalized spacial score (nSPS) is 24.9. The van der Waals surface area contributed by atoms with Crippen molar-refractivity contribution in [1.82, 2.24) is 43.1 Å². The highest BCUT2D eigenvalue weighted by molar-refractivity contribution is 7.88. The molecule has 0 spiro atoms. The summed E-state index contributed by atoms with van der Waals surface area (Å²) >= 11 is 0. The fraction of sp³-hybridized carbons (Fsp3) is 0.861. The van der Waals surface area contributed by atoms with E-state index in [9.17, 15) is 116 Å². The molecule has 1 saturated carbocycles. The van der Waals surface area contributed by atoms with Crippen molar-refractivity contribution in [2.75, 3.05) is 118 Å². The number of rotatable bonds is 59. The summed E-state index contributed by atoms with van der Waals surface area (Å²) in [6, 6.07) is -8.10. The van der Waals surface area contributed by atoms with E-state index in [-0.39, 0.29) is 160 Å². The van der Waals surface area contributed by atoms with Crippen molar-refractivity contribution >= 4 is 146 Å². The minimum Gasteiger partial charge on any atom is -0.480 e. The average Bonchev–Trinajstić information content (AvgIpc) is 1.66. The molecule has 6 aliphatic rings. The Morgan fingerprint density at radius 2 is 0.542 bits per heavy atom. The summed E-state index contributed by atoms with van der Waals surface area (Å²) in [6.07, 6.45) is 4.96. The fourth-order valence-electron chi connectivity index (χ4n) is 16.5. The van der Waals surface area contributed by atoms with Crippen LogP contribution in [0.3, 0.4) is 0 Å². The van der Waals surface area contributed by atoms with Gasteiger partial charge in [0.1, 0.15) is 57.9 Å². The topological polar surface area (TPSA) is 1040 Å². The third kappa shape index (κ3) is 37.4. The number of carboxylic acids is 10. The molecule has 6 rings (SSSR count). The molecule has 0 bridgehead atoms. The van der Waals surface area contributed by atoms with Gasteiger partial charge in [0, 0.05) is 159 Å². The van der Waals surface area contributed by atoms with Gasteiger partial charge in [0.15, 0.2) is 0 Å². The van der Waals surface area contributed by atoms with E-state index in [1.54, 1.807) is 34.6 Å². The first-order valence-electron chi connectivity index (χ1n) is 45.7. The molecule has 70 heteroatoms. The molecule has 0 aromatic rings. The number of nitrogens with two attached hydrogens (primary N) is 10. The maximum atomic E-state index is 13.1. The lowest BCUT2D eigenvalue weighted by Crippen LogP contribution is -2.56. The molecule has 820 valence electrons. The molecule has 60 nitrogen and oxygen atoms in total. The summed E-state index contributed by atoms with van der Waals surface area (Å²) in [5, 5.41) is 182. The molecule has 0 aromatic heterocycles. The van der Waals surface area contributed by atoms with E-state index in [1.165, 1.54) is 0 Å². The average molecular weight is 2150 g/mol. The van der Waals surface area contributed by atoms with Crippen LogP contribution in [-0.4, -0.2) is 470 Å². The van der Waals surface area contributed by atoms with E-state index >= 15 is 0 Å². The van der Waals surface area contributed by atoms with Gasteiger partial charge in [-0.3, -0.25) is 47.9 Å². The summed E-state index contributed by atoms with van der Waals surface area (Å²) < 4.78 is 140. The Balaban J connectivity index is 0.000000600. The SMILES string of the molecule is CC(C)CN(CC(N)C(=O)O)S(=O)(=O)N1C[C@H](CCCB(O)O)[C@](N)(C(=O)O)C1.CC(C)N(CC(N)C(=O)O)S(=O)(=O)N1C[C@H](CCCB(O)O)[C@](N)(C(=O)O)C1.CCCCN(CC(N)C(=O)O)S(=O)(=O)N1C[C@H](CCCB(O)O)[C@](N)(C(=O)O)C1.CCCN(CC(N)C(=O)O)S(=O)(=O)N1C[C@H](CCCB(O)O)[C@](N)(C(=O)O)C1.NC(CN(C1CC1)S(=O)(=O)N1C[C@H](CCCB(O)O)[C@](N)(C(=O)O)C1)C(=O)O. The van der Waals surface area contributed by atoms with Gasteiger partial charge in [-0.05, 0) is 109 Å². The van der Waals surface area contributed by atoms with Crippen molar-refractivity contribution in [2.45, 2.75) is 239 Å². The van der Waals surface area contributed by atoms with Crippen LogP contribution < -0.4 is 57.3 Å². The van der Waals surface area contributed by atoms with E-state index < -0.39 is 305 Å². The summed E-state index contributed by atoms with van der Waals surface area (Å²) in [7, 11) is -28.7.